The molecule has 4 rings (SSSR count). The number of hydrogen-bond donors (Lipinski definition) is 1. The molecule has 0 spiro atoms. The Morgan fingerprint density at radius 1 is 1.00 bits per heavy atom. The van der Waals surface area contributed by atoms with Crippen molar-refractivity contribution in [2.24, 2.45) is 0 Å². The molecule has 1 aromatic heterocycles. The molecular weight excluding hydrogens is 380 g/mol. The van der Waals surface area contributed by atoms with Gasteiger partial charge >= 0.3 is 0 Å². The molecule has 5 nitrogen and oxygen atoms in total. The van der Waals surface area contributed by atoms with Crippen molar-refractivity contribution in [3.63, 3.8) is 0 Å². The Hall–Kier alpha value is -2.57. The van der Waals surface area contributed by atoms with Crippen LogP contribution in [0.2, 0.25) is 0 Å². The molecule has 2 heterocycles. The maximum absolute atomic E-state index is 10.3. The number of phenols is 1. The summed E-state index contributed by atoms with van der Waals surface area (Å²) in [6.07, 6.45) is 9.77. The van der Waals surface area contributed by atoms with Crippen molar-refractivity contribution in [1.29, 1.82) is 0 Å². The highest BCUT2D eigenvalue weighted by atomic mass is 32.2. The van der Waals surface area contributed by atoms with Crippen LogP contribution in [-0.2, 0) is 6.67 Å². The summed E-state index contributed by atoms with van der Waals surface area (Å²) in [6.45, 7) is 2.84. The summed E-state index contributed by atoms with van der Waals surface area (Å²) in [4.78, 5) is 8.37. The van der Waals surface area contributed by atoms with Crippen molar-refractivity contribution in [2.45, 2.75) is 30.8 Å². The van der Waals surface area contributed by atoms with Gasteiger partial charge in [0.2, 0.25) is 0 Å². The van der Waals surface area contributed by atoms with E-state index in [-0.39, 0.29) is 5.75 Å². The van der Waals surface area contributed by atoms with Crippen LogP contribution in [0, 0.1) is 0 Å². The van der Waals surface area contributed by atoms with E-state index in [2.05, 4.69) is 35.4 Å². The lowest BCUT2D eigenvalue weighted by Crippen LogP contribution is -2.32. The Labute approximate surface area is 176 Å². The standard InChI is InChI=1S/C23H26N4OS/c1-29-19-12-9-18(10-13-19)11-14-22-24-23(20-7-3-4-8-21(20)28)27(25-22)17-26-15-5-2-6-16-26/h3-4,7-14,28H,2,5-6,15-17H2,1H3/b14-11+. The van der Waals surface area contributed by atoms with Gasteiger partial charge in [0.15, 0.2) is 11.6 Å². The van der Waals surface area contributed by atoms with Crippen molar-refractivity contribution in [3.05, 3.63) is 59.9 Å². The van der Waals surface area contributed by atoms with Crippen LogP contribution in [0.3, 0.4) is 0 Å². The SMILES string of the molecule is CSc1ccc(/C=C/c2nc(-c3ccccc3O)n(CN3CCCCC3)n2)cc1. The summed E-state index contributed by atoms with van der Waals surface area (Å²) in [6, 6.07) is 15.7. The number of nitrogens with zero attached hydrogens (tertiary/aromatic N) is 4. The molecule has 1 fully saturated rings. The number of rotatable bonds is 6. The van der Waals surface area contributed by atoms with Gasteiger partial charge in [0.1, 0.15) is 5.75 Å². The molecule has 0 atom stereocenters. The predicted octanol–water partition coefficient (Wildman–Crippen LogP) is 4.99. The number of likely N-dealkylation sites (tertiary alicyclic amines) is 1. The normalized spacial score (nSPS) is 15.2. The zero-order valence-corrected chi connectivity index (χ0v) is 17.5. The van der Waals surface area contributed by atoms with Crippen molar-refractivity contribution in [2.75, 3.05) is 19.3 Å². The second kappa shape index (κ2) is 9.29. The van der Waals surface area contributed by atoms with Crippen LogP contribution >= 0.6 is 11.8 Å². The highest BCUT2D eigenvalue weighted by molar-refractivity contribution is 7.98. The lowest BCUT2D eigenvalue weighted by Gasteiger charge is -2.26. The van der Waals surface area contributed by atoms with E-state index >= 15 is 0 Å². The number of aromatic hydroxyl groups is 1. The van der Waals surface area contributed by atoms with E-state index in [1.165, 1.54) is 24.2 Å². The fourth-order valence-corrected chi connectivity index (χ4v) is 3.98. The Morgan fingerprint density at radius 2 is 1.76 bits per heavy atom. The van der Waals surface area contributed by atoms with Crippen molar-refractivity contribution < 1.29 is 5.11 Å². The number of benzene rings is 2. The lowest BCUT2D eigenvalue weighted by molar-refractivity contribution is 0.174. The Morgan fingerprint density at radius 3 is 2.48 bits per heavy atom. The molecule has 0 aliphatic carbocycles. The summed E-state index contributed by atoms with van der Waals surface area (Å²) < 4.78 is 1.91. The van der Waals surface area contributed by atoms with Gasteiger partial charge < -0.3 is 5.11 Å². The van der Waals surface area contributed by atoms with Gasteiger partial charge in [0.05, 0.1) is 12.2 Å². The zero-order chi connectivity index (χ0) is 20.1. The van der Waals surface area contributed by atoms with Crippen LogP contribution in [0.15, 0.2) is 53.4 Å². The smallest absolute Gasteiger partial charge is 0.174 e. The zero-order valence-electron chi connectivity index (χ0n) is 16.7. The molecule has 1 N–H and O–H groups in total. The molecule has 6 heteroatoms. The van der Waals surface area contributed by atoms with Gasteiger partial charge in [-0.25, -0.2) is 9.67 Å². The first-order valence-corrected chi connectivity index (χ1v) is 11.2. The molecule has 29 heavy (non-hydrogen) atoms. The van der Waals surface area contributed by atoms with Gasteiger partial charge in [-0.05, 0) is 68.1 Å². The summed E-state index contributed by atoms with van der Waals surface area (Å²) >= 11 is 1.73. The van der Waals surface area contributed by atoms with Crippen LogP contribution in [-0.4, -0.2) is 44.1 Å². The van der Waals surface area contributed by atoms with Gasteiger partial charge in [-0.1, -0.05) is 36.8 Å². The average molecular weight is 407 g/mol. The van der Waals surface area contributed by atoms with Crippen LogP contribution in [0.1, 0.15) is 30.7 Å². The van der Waals surface area contributed by atoms with E-state index in [1.807, 2.05) is 35.0 Å². The molecule has 2 aromatic carbocycles. The van der Waals surface area contributed by atoms with Gasteiger partial charge in [-0.15, -0.1) is 16.9 Å². The number of hydrogen-bond acceptors (Lipinski definition) is 5. The third-order valence-electron chi connectivity index (χ3n) is 5.16. The summed E-state index contributed by atoms with van der Waals surface area (Å²) in [5.74, 6) is 1.57. The first-order valence-electron chi connectivity index (χ1n) is 10.0. The lowest BCUT2D eigenvalue weighted by atomic mass is 10.1. The molecule has 1 saturated heterocycles. The van der Waals surface area contributed by atoms with E-state index in [9.17, 15) is 5.11 Å². The number of phenolic OH excluding ortho intramolecular Hbond substituents is 1. The predicted molar refractivity (Wildman–Crippen MR) is 120 cm³/mol. The first-order chi connectivity index (χ1) is 14.2. The van der Waals surface area contributed by atoms with Gasteiger partial charge in [-0.2, -0.15) is 0 Å². The molecule has 1 aliphatic rings. The second-order valence-electron chi connectivity index (χ2n) is 7.24. The monoisotopic (exact) mass is 406 g/mol. The van der Waals surface area contributed by atoms with Crippen LogP contribution in [0.4, 0.5) is 0 Å². The van der Waals surface area contributed by atoms with E-state index in [0.717, 1.165) is 18.7 Å². The van der Waals surface area contributed by atoms with Crippen LogP contribution in [0.25, 0.3) is 23.5 Å². The average Bonchev–Trinajstić information content (AvgIpc) is 3.16. The van der Waals surface area contributed by atoms with Gasteiger partial charge in [0.25, 0.3) is 0 Å². The molecule has 0 radical (unpaired) electrons. The number of piperidine rings is 1. The summed E-state index contributed by atoms with van der Waals surface area (Å²) in [7, 11) is 0. The van der Waals surface area contributed by atoms with Crippen LogP contribution in [0.5, 0.6) is 5.75 Å². The maximum Gasteiger partial charge on any atom is 0.174 e. The quantitative estimate of drug-likeness (QED) is 0.585. The Kier molecular flexibility index (Phi) is 6.32. The maximum atomic E-state index is 10.3. The summed E-state index contributed by atoms with van der Waals surface area (Å²) in [5.41, 5.74) is 1.82. The van der Waals surface area contributed by atoms with E-state index in [1.54, 1.807) is 17.8 Å². The molecule has 0 bridgehead atoms. The van der Waals surface area contributed by atoms with Crippen LogP contribution < -0.4 is 0 Å². The van der Waals surface area contributed by atoms with Gasteiger partial charge in [0, 0.05) is 4.90 Å². The van der Waals surface area contributed by atoms with E-state index < -0.39 is 0 Å². The minimum atomic E-state index is 0.225. The number of aromatic nitrogens is 3. The Bertz CT molecular complexity index is 975. The number of thioether (sulfide) groups is 1. The molecule has 0 amide bonds. The molecule has 0 unspecified atom stereocenters. The van der Waals surface area contributed by atoms with Crippen molar-refractivity contribution in [3.8, 4) is 17.1 Å². The number of para-hydroxylation sites is 1. The molecule has 3 aromatic rings. The minimum Gasteiger partial charge on any atom is -0.507 e. The summed E-state index contributed by atoms with van der Waals surface area (Å²) in [5, 5.41) is 15.1. The van der Waals surface area contributed by atoms with Gasteiger partial charge in [-0.3, -0.25) is 4.90 Å². The fraction of sp³-hybridized carbons (Fsp3) is 0.304. The third kappa shape index (κ3) is 4.89. The largest absolute Gasteiger partial charge is 0.507 e. The molecule has 1 aliphatic heterocycles. The Balaban J connectivity index is 1.62. The topological polar surface area (TPSA) is 54.2 Å². The fourth-order valence-electron chi connectivity index (χ4n) is 3.57. The van der Waals surface area contributed by atoms with E-state index in [0.29, 0.717) is 23.9 Å². The molecule has 150 valence electrons. The minimum absolute atomic E-state index is 0.225. The first kappa shape index (κ1) is 19.7. The molecule has 0 saturated carbocycles. The highest BCUT2D eigenvalue weighted by Gasteiger charge is 2.17. The van der Waals surface area contributed by atoms with Crippen molar-refractivity contribution in [1.82, 2.24) is 19.7 Å². The van der Waals surface area contributed by atoms with Crippen molar-refractivity contribution >= 4 is 23.9 Å². The molecular formula is C23H26N4OS. The highest BCUT2D eigenvalue weighted by Crippen LogP contribution is 2.28. The van der Waals surface area contributed by atoms with E-state index in [4.69, 9.17) is 10.1 Å². The third-order valence-corrected chi connectivity index (χ3v) is 5.90. The second-order valence-corrected chi connectivity index (χ2v) is 8.12.